The van der Waals surface area contributed by atoms with Gasteiger partial charge in [0.25, 0.3) is 0 Å². The molecular formula is C14H13BrClNO2. The summed E-state index contributed by atoms with van der Waals surface area (Å²) >= 11 is 9.53. The molecule has 0 saturated carbocycles. The Hall–Kier alpha value is -1.39. The Bertz CT molecular complexity index is 590. The predicted octanol–water partition coefficient (Wildman–Crippen LogP) is 4.27. The van der Waals surface area contributed by atoms with Gasteiger partial charge in [0.1, 0.15) is 18.1 Å². The molecule has 0 unspecified atom stereocenters. The molecule has 5 heteroatoms. The van der Waals surface area contributed by atoms with Crippen LogP contribution in [0, 0.1) is 0 Å². The van der Waals surface area contributed by atoms with E-state index in [2.05, 4.69) is 15.9 Å². The minimum atomic E-state index is 0.379. The fraction of sp³-hybridized carbons (Fsp3) is 0.143. The predicted molar refractivity (Wildman–Crippen MR) is 80.9 cm³/mol. The van der Waals surface area contributed by atoms with E-state index in [0.29, 0.717) is 17.3 Å². The number of anilines is 1. The van der Waals surface area contributed by atoms with E-state index in [9.17, 15) is 0 Å². The summed E-state index contributed by atoms with van der Waals surface area (Å²) in [6.45, 7) is 0.379. The summed E-state index contributed by atoms with van der Waals surface area (Å²) in [5.41, 5.74) is 7.17. The van der Waals surface area contributed by atoms with Crippen molar-refractivity contribution >= 4 is 33.2 Å². The topological polar surface area (TPSA) is 44.5 Å². The molecule has 0 fully saturated rings. The van der Waals surface area contributed by atoms with Crippen LogP contribution in [0.4, 0.5) is 5.69 Å². The number of nitrogens with two attached hydrogens (primary N) is 1. The summed E-state index contributed by atoms with van der Waals surface area (Å²) in [5.74, 6) is 1.50. The van der Waals surface area contributed by atoms with Gasteiger partial charge in [-0.3, -0.25) is 0 Å². The van der Waals surface area contributed by atoms with Gasteiger partial charge in [0, 0.05) is 16.3 Å². The molecule has 0 radical (unpaired) electrons. The van der Waals surface area contributed by atoms with E-state index >= 15 is 0 Å². The van der Waals surface area contributed by atoms with Gasteiger partial charge in [-0.1, -0.05) is 17.7 Å². The third-order valence-electron chi connectivity index (χ3n) is 2.60. The van der Waals surface area contributed by atoms with Crippen molar-refractivity contribution in [3.05, 3.63) is 51.5 Å². The van der Waals surface area contributed by atoms with Crippen LogP contribution >= 0.6 is 27.5 Å². The molecule has 0 saturated heterocycles. The van der Waals surface area contributed by atoms with Crippen molar-refractivity contribution < 1.29 is 9.47 Å². The highest BCUT2D eigenvalue weighted by atomic mass is 79.9. The zero-order chi connectivity index (χ0) is 13.8. The van der Waals surface area contributed by atoms with Crippen LogP contribution < -0.4 is 15.2 Å². The minimum absolute atomic E-state index is 0.379. The average Bonchev–Trinajstić information content (AvgIpc) is 2.39. The molecule has 0 bridgehead atoms. The number of hydrogen-bond donors (Lipinski definition) is 1. The third kappa shape index (κ3) is 3.55. The molecule has 0 amide bonds. The van der Waals surface area contributed by atoms with Crippen LogP contribution in [0.25, 0.3) is 0 Å². The normalized spacial score (nSPS) is 10.3. The molecule has 3 nitrogen and oxygen atoms in total. The number of ether oxygens (including phenoxy) is 2. The Kier molecular flexibility index (Phi) is 4.56. The van der Waals surface area contributed by atoms with Crippen LogP contribution in [0.15, 0.2) is 40.9 Å². The van der Waals surface area contributed by atoms with E-state index in [1.807, 2.05) is 24.3 Å². The third-order valence-corrected chi connectivity index (χ3v) is 3.57. The first-order valence-electron chi connectivity index (χ1n) is 5.60. The molecule has 0 spiro atoms. The van der Waals surface area contributed by atoms with Crippen LogP contribution in [0.2, 0.25) is 5.02 Å². The Balaban J connectivity index is 2.10. The smallest absolute Gasteiger partial charge is 0.134 e. The number of halogens is 2. The number of nitrogen functional groups attached to an aromatic ring is 1. The van der Waals surface area contributed by atoms with Crippen LogP contribution in [-0.4, -0.2) is 7.11 Å². The van der Waals surface area contributed by atoms with E-state index < -0.39 is 0 Å². The summed E-state index contributed by atoms with van der Waals surface area (Å²) in [4.78, 5) is 0. The number of hydrogen-bond acceptors (Lipinski definition) is 3. The summed E-state index contributed by atoms with van der Waals surface area (Å²) in [6.07, 6.45) is 0. The van der Waals surface area contributed by atoms with Gasteiger partial charge < -0.3 is 15.2 Å². The van der Waals surface area contributed by atoms with Crippen molar-refractivity contribution in [1.29, 1.82) is 0 Å². The first-order valence-corrected chi connectivity index (χ1v) is 6.77. The fourth-order valence-electron chi connectivity index (χ4n) is 1.56. The maximum atomic E-state index is 6.09. The molecule has 19 heavy (non-hydrogen) atoms. The van der Waals surface area contributed by atoms with Crippen LogP contribution in [0.1, 0.15) is 5.56 Å². The second kappa shape index (κ2) is 6.17. The fourth-order valence-corrected chi connectivity index (χ4v) is 2.28. The maximum absolute atomic E-state index is 6.09. The monoisotopic (exact) mass is 341 g/mol. The number of rotatable bonds is 4. The molecule has 2 N–H and O–H groups in total. The molecule has 0 aromatic heterocycles. The lowest BCUT2D eigenvalue weighted by Gasteiger charge is -2.10. The maximum Gasteiger partial charge on any atom is 0.134 e. The first kappa shape index (κ1) is 14.0. The van der Waals surface area contributed by atoms with Crippen LogP contribution in [-0.2, 0) is 6.61 Å². The minimum Gasteiger partial charge on any atom is -0.497 e. The van der Waals surface area contributed by atoms with Gasteiger partial charge in [-0.25, -0.2) is 0 Å². The zero-order valence-electron chi connectivity index (χ0n) is 10.3. The van der Waals surface area contributed by atoms with Crippen molar-refractivity contribution in [3.8, 4) is 11.5 Å². The van der Waals surface area contributed by atoms with Crippen molar-refractivity contribution in [3.63, 3.8) is 0 Å². The quantitative estimate of drug-likeness (QED) is 0.844. The molecule has 0 aliphatic carbocycles. The Morgan fingerprint density at radius 3 is 2.63 bits per heavy atom. The molecule has 2 aromatic carbocycles. The van der Waals surface area contributed by atoms with Gasteiger partial charge in [-0.05, 0) is 46.3 Å². The number of methoxy groups -OCH3 is 1. The summed E-state index contributed by atoms with van der Waals surface area (Å²) in [5, 5.41) is 0.602. The van der Waals surface area contributed by atoms with Gasteiger partial charge in [-0.15, -0.1) is 0 Å². The van der Waals surface area contributed by atoms with E-state index in [-0.39, 0.29) is 0 Å². The summed E-state index contributed by atoms with van der Waals surface area (Å²) in [6, 6.07) is 10.9. The van der Waals surface area contributed by atoms with Gasteiger partial charge in [0.2, 0.25) is 0 Å². The molecular weight excluding hydrogens is 330 g/mol. The highest BCUT2D eigenvalue weighted by molar-refractivity contribution is 9.10. The van der Waals surface area contributed by atoms with Crippen molar-refractivity contribution in [1.82, 2.24) is 0 Å². The highest BCUT2D eigenvalue weighted by Gasteiger charge is 2.06. The van der Waals surface area contributed by atoms with Gasteiger partial charge in [0.15, 0.2) is 0 Å². The second-order valence-corrected chi connectivity index (χ2v) is 5.20. The lowest BCUT2D eigenvalue weighted by Crippen LogP contribution is -1.98. The van der Waals surface area contributed by atoms with Crippen LogP contribution in [0.3, 0.4) is 0 Å². The van der Waals surface area contributed by atoms with Gasteiger partial charge >= 0.3 is 0 Å². The second-order valence-electron chi connectivity index (χ2n) is 3.94. The molecule has 0 aliphatic rings. The lowest BCUT2D eigenvalue weighted by molar-refractivity contribution is 0.303. The number of benzene rings is 2. The molecule has 0 aliphatic heterocycles. The summed E-state index contributed by atoms with van der Waals surface area (Å²) < 4.78 is 11.7. The zero-order valence-corrected chi connectivity index (χ0v) is 12.7. The van der Waals surface area contributed by atoms with Crippen LogP contribution in [0.5, 0.6) is 11.5 Å². The van der Waals surface area contributed by atoms with Gasteiger partial charge in [0.05, 0.1) is 11.6 Å². The average molecular weight is 343 g/mol. The Morgan fingerprint density at radius 2 is 2.00 bits per heavy atom. The Labute approximate surface area is 125 Å². The molecule has 0 atom stereocenters. The van der Waals surface area contributed by atoms with E-state index in [1.54, 1.807) is 19.2 Å². The highest BCUT2D eigenvalue weighted by Crippen LogP contribution is 2.30. The standard InChI is InChI=1S/C14H13BrClNO2/c1-18-11-4-5-14(12(15)7-11)19-8-9-2-3-10(17)6-13(9)16/h2-7H,8,17H2,1H3. The molecule has 2 rings (SSSR count). The summed E-state index contributed by atoms with van der Waals surface area (Å²) in [7, 11) is 1.62. The molecule has 2 aromatic rings. The van der Waals surface area contributed by atoms with E-state index in [1.165, 1.54) is 0 Å². The lowest BCUT2D eigenvalue weighted by atomic mass is 10.2. The first-order chi connectivity index (χ1) is 9.10. The van der Waals surface area contributed by atoms with Gasteiger partial charge in [-0.2, -0.15) is 0 Å². The van der Waals surface area contributed by atoms with Crippen molar-refractivity contribution in [2.75, 3.05) is 12.8 Å². The largest absolute Gasteiger partial charge is 0.497 e. The SMILES string of the molecule is COc1ccc(OCc2ccc(N)cc2Cl)c(Br)c1. The molecule has 0 heterocycles. The van der Waals surface area contributed by atoms with E-state index in [0.717, 1.165) is 21.5 Å². The Morgan fingerprint density at radius 1 is 1.21 bits per heavy atom. The van der Waals surface area contributed by atoms with Crippen molar-refractivity contribution in [2.24, 2.45) is 0 Å². The van der Waals surface area contributed by atoms with E-state index in [4.69, 9.17) is 26.8 Å². The molecule has 100 valence electrons. The van der Waals surface area contributed by atoms with Crippen molar-refractivity contribution in [2.45, 2.75) is 6.61 Å².